The summed E-state index contributed by atoms with van der Waals surface area (Å²) in [5.74, 6) is 1.17. The summed E-state index contributed by atoms with van der Waals surface area (Å²) in [6.45, 7) is 2.63. The lowest BCUT2D eigenvalue weighted by Crippen LogP contribution is -2.35. The minimum atomic E-state index is -0.223. The monoisotopic (exact) mass is 354 g/mol. The molecule has 0 atom stereocenters. The molecule has 0 unspecified atom stereocenters. The standard InChI is InChI=1S/C16H19ClN2O3S/c1-2-13-11-15(18-22-13)16(21)19(7-9-20)8-10-23-14-5-3-12(17)4-6-14/h3-6,11,20H,2,7-10H2,1H3. The van der Waals surface area contributed by atoms with E-state index in [4.69, 9.17) is 16.1 Å². The third kappa shape index (κ3) is 5.27. The minimum Gasteiger partial charge on any atom is -0.395 e. The lowest BCUT2D eigenvalue weighted by Gasteiger charge is -2.20. The summed E-state index contributed by atoms with van der Waals surface area (Å²) in [5, 5.41) is 13.7. The third-order valence-corrected chi connectivity index (χ3v) is 4.47. The fourth-order valence-electron chi connectivity index (χ4n) is 1.98. The van der Waals surface area contributed by atoms with E-state index in [1.807, 2.05) is 31.2 Å². The summed E-state index contributed by atoms with van der Waals surface area (Å²) < 4.78 is 5.07. The summed E-state index contributed by atoms with van der Waals surface area (Å²) in [6, 6.07) is 9.20. The molecule has 1 N–H and O–H groups in total. The third-order valence-electron chi connectivity index (χ3n) is 3.23. The molecule has 1 heterocycles. The van der Waals surface area contributed by atoms with Gasteiger partial charge in [-0.25, -0.2) is 0 Å². The summed E-state index contributed by atoms with van der Waals surface area (Å²) in [6.07, 6.45) is 0.687. The van der Waals surface area contributed by atoms with Crippen LogP contribution in [0.2, 0.25) is 5.02 Å². The van der Waals surface area contributed by atoms with E-state index in [0.29, 0.717) is 29.5 Å². The Kier molecular flexibility index (Phi) is 6.95. The second-order valence-corrected chi connectivity index (χ2v) is 6.45. The van der Waals surface area contributed by atoms with Crippen LogP contribution in [-0.4, -0.2) is 46.5 Å². The minimum absolute atomic E-state index is 0.0875. The van der Waals surface area contributed by atoms with Gasteiger partial charge >= 0.3 is 0 Å². The zero-order chi connectivity index (χ0) is 16.7. The van der Waals surface area contributed by atoms with E-state index in [9.17, 15) is 9.90 Å². The Balaban J connectivity index is 1.92. The van der Waals surface area contributed by atoms with E-state index < -0.39 is 0 Å². The second kappa shape index (κ2) is 8.96. The van der Waals surface area contributed by atoms with Gasteiger partial charge in [0, 0.05) is 41.2 Å². The van der Waals surface area contributed by atoms with Crippen molar-refractivity contribution in [2.45, 2.75) is 18.2 Å². The van der Waals surface area contributed by atoms with Crippen LogP contribution in [0.1, 0.15) is 23.2 Å². The van der Waals surface area contributed by atoms with E-state index in [0.717, 1.165) is 4.90 Å². The maximum absolute atomic E-state index is 12.4. The van der Waals surface area contributed by atoms with E-state index in [2.05, 4.69) is 5.16 Å². The molecule has 0 aliphatic heterocycles. The van der Waals surface area contributed by atoms with Crippen molar-refractivity contribution in [1.82, 2.24) is 10.1 Å². The van der Waals surface area contributed by atoms with Crippen molar-refractivity contribution in [3.63, 3.8) is 0 Å². The normalized spacial score (nSPS) is 10.7. The molecule has 1 aromatic heterocycles. The summed E-state index contributed by atoms with van der Waals surface area (Å²) in [4.78, 5) is 15.1. The van der Waals surface area contributed by atoms with Crippen LogP contribution in [0.25, 0.3) is 0 Å². The van der Waals surface area contributed by atoms with E-state index >= 15 is 0 Å². The number of aryl methyl sites for hydroxylation is 1. The highest BCUT2D eigenvalue weighted by Crippen LogP contribution is 2.20. The van der Waals surface area contributed by atoms with Gasteiger partial charge in [-0.05, 0) is 24.3 Å². The zero-order valence-corrected chi connectivity index (χ0v) is 14.4. The molecular formula is C16H19ClN2O3S. The zero-order valence-electron chi connectivity index (χ0n) is 12.9. The van der Waals surface area contributed by atoms with Gasteiger partial charge in [-0.15, -0.1) is 11.8 Å². The molecule has 0 saturated heterocycles. The first kappa shape index (κ1) is 17.8. The highest BCUT2D eigenvalue weighted by atomic mass is 35.5. The van der Waals surface area contributed by atoms with Crippen LogP contribution in [0, 0.1) is 0 Å². The predicted molar refractivity (Wildman–Crippen MR) is 91.0 cm³/mol. The molecule has 5 nitrogen and oxygen atoms in total. The van der Waals surface area contributed by atoms with Crippen molar-refractivity contribution in [2.75, 3.05) is 25.4 Å². The Morgan fingerprint density at radius 2 is 2.09 bits per heavy atom. The molecule has 0 fully saturated rings. The molecule has 0 aliphatic rings. The molecule has 23 heavy (non-hydrogen) atoms. The number of benzene rings is 1. The van der Waals surface area contributed by atoms with Gasteiger partial charge in [0.25, 0.3) is 5.91 Å². The van der Waals surface area contributed by atoms with Gasteiger partial charge in [0.05, 0.1) is 6.61 Å². The second-order valence-electron chi connectivity index (χ2n) is 4.85. The van der Waals surface area contributed by atoms with Gasteiger partial charge in [0.2, 0.25) is 0 Å². The van der Waals surface area contributed by atoms with Gasteiger partial charge < -0.3 is 14.5 Å². The molecule has 124 valence electrons. The fourth-order valence-corrected chi connectivity index (χ4v) is 2.98. The molecule has 2 rings (SSSR count). The number of halogens is 1. The van der Waals surface area contributed by atoms with Crippen LogP contribution >= 0.6 is 23.4 Å². The largest absolute Gasteiger partial charge is 0.395 e. The SMILES string of the molecule is CCc1cc(C(=O)N(CCO)CCSc2ccc(Cl)cc2)no1. The maximum atomic E-state index is 12.4. The first-order valence-electron chi connectivity index (χ1n) is 7.38. The molecule has 0 aliphatic carbocycles. The van der Waals surface area contributed by atoms with Crippen LogP contribution in [0.3, 0.4) is 0 Å². The number of rotatable bonds is 8. The Morgan fingerprint density at radius 3 is 2.70 bits per heavy atom. The smallest absolute Gasteiger partial charge is 0.276 e. The summed E-state index contributed by atoms with van der Waals surface area (Å²) in [5.41, 5.74) is 0.284. The van der Waals surface area contributed by atoms with Crippen LogP contribution < -0.4 is 0 Å². The Morgan fingerprint density at radius 1 is 1.35 bits per heavy atom. The van der Waals surface area contributed by atoms with E-state index in [1.54, 1.807) is 22.7 Å². The average Bonchev–Trinajstić information content (AvgIpc) is 3.04. The first-order valence-corrected chi connectivity index (χ1v) is 8.74. The van der Waals surface area contributed by atoms with Gasteiger partial charge in [-0.1, -0.05) is 23.7 Å². The lowest BCUT2D eigenvalue weighted by molar-refractivity contribution is 0.0723. The number of nitrogens with zero attached hydrogens (tertiary/aromatic N) is 2. The van der Waals surface area contributed by atoms with Crippen molar-refractivity contribution >= 4 is 29.3 Å². The van der Waals surface area contributed by atoms with Gasteiger partial charge in [0.1, 0.15) is 5.76 Å². The number of aliphatic hydroxyl groups is 1. The summed E-state index contributed by atoms with van der Waals surface area (Å²) in [7, 11) is 0. The average molecular weight is 355 g/mol. The Labute approximate surface area is 144 Å². The van der Waals surface area contributed by atoms with Crippen LogP contribution in [0.5, 0.6) is 0 Å². The Bertz CT molecular complexity index is 631. The van der Waals surface area contributed by atoms with Crippen molar-refractivity contribution in [1.29, 1.82) is 0 Å². The van der Waals surface area contributed by atoms with Crippen LogP contribution in [-0.2, 0) is 6.42 Å². The first-order chi connectivity index (χ1) is 11.1. The number of amides is 1. The van der Waals surface area contributed by atoms with E-state index in [1.165, 1.54) is 0 Å². The Hall–Kier alpha value is -1.50. The lowest BCUT2D eigenvalue weighted by atomic mass is 10.3. The highest BCUT2D eigenvalue weighted by molar-refractivity contribution is 7.99. The maximum Gasteiger partial charge on any atom is 0.276 e. The molecule has 0 radical (unpaired) electrons. The molecule has 1 amide bonds. The summed E-state index contributed by atoms with van der Waals surface area (Å²) >= 11 is 7.48. The number of hydrogen-bond acceptors (Lipinski definition) is 5. The number of aromatic nitrogens is 1. The molecular weight excluding hydrogens is 336 g/mol. The van der Waals surface area contributed by atoms with Crippen molar-refractivity contribution in [3.8, 4) is 0 Å². The highest BCUT2D eigenvalue weighted by Gasteiger charge is 2.19. The quantitative estimate of drug-likeness (QED) is 0.738. The fraction of sp³-hybridized carbons (Fsp3) is 0.375. The number of aliphatic hydroxyl groups excluding tert-OH is 1. The number of thioether (sulfide) groups is 1. The molecule has 0 spiro atoms. The molecule has 0 saturated carbocycles. The van der Waals surface area contributed by atoms with E-state index in [-0.39, 0.29) is 24.8 Å². The number of carbonyl (C=O) groups is 1. The predicted octanol–water partition coefficient (Wildman–Crippen LogP) is 3.12. The van der Waals surface area contributed by atoms with Gasteiger partial charge in [-0.3, -0.25) is 4.79 Å². The van der Waals surface area contributed by atoms with Crippen molar-refractivity contribution in [3.05, 3.63) is 46.8 Å². The van der Waals surface area contributed by atoms with Crippen molar-refractivity contribution < 1.29 is 14.4 Å². The molecule has 2 aromatic rings. The van der Waals surface area contributed by atoms with Crippen LogP contribution in [0.4, 0.5) is 0 Å². The number of carbonyl (C=O) groups excluding carboxylic acids is 1. The molecule has 7 heteroatoms. The van der Waals surface area contributed by atoms with Gasteiger partial charge in [-0.2, -0.15) is 0 Å². The molecule has 0 bridgehead atoms. The van der Waals surface area contributed by atoms with Crippen molar-refractivity contribution in [2.24, 2.45) is 0 Å². The number of hydrogen-bond donors (Lipinski definition) is 1. The molecule has 1 aromatic carbocycles. The van der Waals surface area contributed by atoms with Crippen LogP contribution in [0.15, 0.2) is 39.8 Å². The van der Waals surface area contributed by atoms with Gasteiger partial charge in [0.15, 0.2) is 5.69 Å². The topological polar surface area (TPSA) is 66.6 Å².